The number of hydrogen-bond donors (Lipinski definition) is 1. The van der Waals surface area contributed by atoms with Crippen LogP contribution in [-0.4, -0.2) is 17.2 Å². The van der Waals surface area contributed by atoms with Crippen LogP contribution in [0.2, 0.25) is 0 Å². The molecule has 0 radical (unpaired) electrons. The van der Waals surface area contributed by atoms with Gasteiger partial charge in [-0.25, -0.2) is 0 Å². The molecule has 1 aliphatic carbocycles. The van der Waals surface area contributed by atoms with Gasteiger partial charge in [-0.2, -0.15) is 0 Å². The van der Waals surface area contributed by atoms with E-state index < -0.39 is 36.7 Å². The molecule has 0 bridgehead atoms. The van der Waals surface area contributed by atoms with Crippen LogP contribution in [0.25, 0.3) is 0 Å². The number of ether oxygens (including phenoxy) is 1. The van der Waals surface area contributed by atoms with E-state index in [9.17, 15) is 9.90 Å². The van der Waals surface area contributed by atoms with E-state index >= 15 is 0 Å². The number of carbonyl (C=O) groups excluding carboxylic acids is 1. The second-order valence-corrected chi connectivity index (χ2v) is 3.36. The number of benzene rings is 1. The van der Waals surface area contributed by atoms with Crippen molar-refractivity contribution in [3.05, 3.63) is 48.0 Å². The summed E-state index contributed by atoms with van der Waals surface area (Å²) in [7, 11) is 0. The average Bonchev–Trinajstić information content (AvgIpc) is 2.51. The van der Waals surface area contributed by atoms with Crippen molar-refractivity contribution in [1.29, 1.82) is 0 Å². The van der Waals surface area contributed by atoms with Crippen LogP contribution in [0.3, 0.4) is 0 Å². The second-order valence-electron chi connectivity index (χ2n) is 3.36. The zero-order valence-electron chi connectivity index (χ0n) is 15.9. The minimum atomic E-state index is -3.38. The molecule has 0 saturated heterocycles. The van der Waals surface area contributed by atoms with Gasteiger partial charge in [0.15, 0.2) is 0 Å². The molecule has 2 rings (SSSR count). The molecule has 2 unspecified atom stereocenters. The molecule has 3 heteroatoms. The summed E-state index contributed by atoms with van der Waals surface area (Å²) >= 11 is 0. The fraction of sp³-hybridized carbons (Fsp3) is 0.357. The summed E-state index contributed by atoms with van der Waals surface area (Å²) in [5.41, 5.74) is 0.584. The van der Waals surface area contributed by atoms with Gasteiger partial charge in [0, 0.05) is 6.85 Å². The summed E-state index contributed by atoms with van der Waals surface area (Å²) in [6.07, 6.45) is -9.47. The van der Waals surface area contributed by atoms with Gasteiger partial charge in [-0.3, -0.25) is 4.79 Å². The molecule has 1 aromatic carbocycles. The first-order valence-corrected chi connectivity index (χ1v) is 5.01. The lowest BCUT2D eigenvalue weighted by Crippen LogP contribution is -2.21. The van der Waals surface area contributed by atoms with Gasteiger partial charge >= 0.3 is 5.97 Å². The lowest BCUT2D eigenvalue weighted by molar-refractivity contribution is -0.148. The molecule has 0 heterocycles. The number of carbonyl (C=O) groups is 1. The van der Waals surface area contributed by atoms with Gasteiger partial charge in [0.1, 0.15) is 6.61 Å². The van der Waals surface area contributed by atoms with E-state index in [1.807, 2.05) is 0 Å². The summed E-state index contributed by atoms with van der Waals surface area (Å²) in [4.78, 5) is 12.3. The van der Waals surface area contributed by atoms with E-state index in [0.717, 1.165) is 0 Å². The van der Waals surface area contributed by atoms with Crippen LogP contribution in [0.1, 0.15) is 27.9 Å². The maximum atomic E-state index is 12.3. The predicted octanol–water partition coefficient (Wildman–Crippen LogP) is 2.06. The van der Waals surface area contributed by atoms with Gasteiger partial charge < -0.3 is 9.84 Å². The van der Waals surface area contributed by atoms with Crippen LogP contribution in [0.15, 0.2) is 42.5 Å². The minimum Gasteiger partial charge on any atom is -0.460 e. The summed E-state index contributed by atoms with van der Waals surface area (Å²) in [5, 5.41) is 9.79. The van der Waals surface area contributed by atoms with Gasteiger partial charge in [0.2, 0.25) is 0 Å². The van der Waals surface area contributed by atoms with Crippen LogP contribution >= 0.6 is 0 Å². The van der Waals surface area contributed by atoms with Crippen molar-refractivity contribution < 1.29 is 24.2 Å². The van der Waals surface area contributed by atoms with Crippen LogP contribution in [-0.2, 0) is 16.1 Å². The van der Waals surface area contributed by atoms with Crippen LogP contribution < -0.4 is 0 Å². The molecule has 0 saturated carbocycles. The molecule has 2 atom stereocenters. The molecular weight excluding hydrogens is 216 g/mol. The lowest BCUT2D eigenvalue weighted by atomic mass is 9.94. The minimum absolute atomic E-state index is 0.258. The first-order chi connectivity index (χ1) is 10.9. The van der Waals surface area contributed by atoms with E-state index in [1.54, 1.807) is 30.3 Å². The third-order valence-electron chi connectivity index (χ3n) is 2.10. The van der Waals surface area contributed by atoms with Crippen LogP contribution in [0.4, 0.5) is 0 Å². The van der Waals surface area contributed by atoms with E-state index in [0.29, 0.717) is 11.6 Å². The molecule has 0 aliphatic heterocycles. The number of rotatable bonds is 3. The third kappa shape index (κ3) is 3.43. The SMILES string of the molecule is [2H]C1=CC([2H])(C(=O)OCc2ccccc2)C([2H])([2H])C([2H])([2H])C1([2H])O. The van der Waals surface area contributed by atoms with Gasteiger partial charge in [-0.15, -0.1) is 0 Å². The standard InChI is InChI=1S/C14H16O3/c15-13-8-6-12(7-9-13)14(16)17-10-11-4-2-1-3-5-11/h1-6,8,12-13,15H,7,9-10H2/i7D2,8D,9D2,12D,13D. The largest absolute Gasteiger partial charge is 0.460 e. The van der Waals surface area contributed by atoms with Crippen LogP contribution in [0.5, 0.6) is 0 Å². The van der Waals surface area contributed by atoms with Gasteiger partial charge in [-0.05, 0) is 18.3 Å². The molecule has 0 aromatic heterocycles. The Bertz CT molecular complexity index is 672. The summed E-state index contributed by atoms with van der Waals surface area (Å²) < 4.78 is 59.0. The van der Waals surface area contributed by atoms with Crippen molar-refractivity contribution >= 4 is 5.97 Å². The first-order valence-electron chi connectivity index (χ1n) is 8.51. The van der Waals surface area contributed by atoms with Gasteiger partial charge in [0.05, 0.1) is 14.7 Å². The maximum absolute atomic E-state index is 12.3. The second kappa shape index (κ2) is 5.64. The predicted molar refractivity (Wildman–Crippen MR) is 64.1 cm³/mol. The molecule has 17 heavy (non-hydrogen) atoms. The lowest BCUT2D eigenvalue weighted by Gasteiger charge is -2.18. The summed E-state index contributed by atoms with van der Waals surface area (Å²) in [5.74, 6) is -4.31. The molecule has 3 nitrogen and oxygen atoms in total. The molecule has 1 aromatic rings. The van der Waals surface area contributed by atoms with Crippen molar-refractivity contribution in [2.75, 3.05) is 0 Å². The molecule has 0 amide bonds. The van der Waals surface area contributed by atoms with Crippen LogP contribution in [0, 0.1) is 5.89 Å². The van der Waals surface area contributed by atoms with E-state index in [1.165, 1.54) is 0 Å². The van der Waals surface area contributed by atoms with E-state index in [-0.39, 0.29) is 6.61 Å². The van der Waals surface area contributed by atoms with E-state index in [4.69, 9.17) is 14.3 Å². The van der Waals surface area contributed by atoms with E-state index in [2.05, 4.69) is 0 Å². The fourth-order valence-electron chi connectivity index (χ4n) is 1.25. The highest BCUT2D eigenvalue weighted by atomic mass is 16.5. The number of aliphatic hydroxyl groups is 1. The highest BCUT2D eigenvalue weighted by molar-refractivity contribution is 5.74. The smallest absolute Gasteiger partial charge is 0.313 e. The van der Waals surface area contributed by atoms with Crippen molar-refractivity contribution in [3.63, 3.8) is 0 Å². The third-order valence-corrected chi connectivity index (χ3v) is 2.10. The average molecular weight is 239 g/mol. The Morgan fingerprint density at radius 3 is 3.06 bits per heavy atom. The Labute approximate surface area is 111 Å². The van der Waals surface area contributed by atoms with Gasteiger partial charge in [0.25, 0.3) is 0 Å². The maximum Gasteiger partial charge on any atom is 0.313 e. The van der Waals surface area contributed by atoms with Crippen molar-refractivity contribution in [1.82, 2.24) is 0 Å². The quantitative estimate of drug-likeness (QED) is 0.648. The first kappa shape index (κ1) is 5.83. The Morgan fingerprint density at radius 2 is 2.29 bits per heavy atom. The molecular formula is C14H16O3. The molecule has 90 valence electrons. The molecule has 1 N–H and O–H groups in total. The van der Waals surface area contributed by atoms with Crippen molar-refractivity contribution in [2.24, 2.45) is 5.89 Å². The highest BCUT2D eigenvalue weighted by Crippen LogP contribution is 2.19. The van der Waals surface area contributed by atoms with Gasteiger partial charge in [-0.1, -0.05) is 42.5 Å². The zero-order chi connectivity index (χ0) is 18.4. The number of esters is 1. The topological polar surface area (TPSA) is 46.5 Å². The Morgan fingerprint density at radius 1 is 1.53 bits per heavy atom. The van der Waals surface area contributed by atoms with Crippen molar-refractivity contribution in [2.45, 2.75) is 25.4 Å². The number of hydrogen-bond acceptors (Lipinski definition) is 3. The summed E-state index contributed by atoms with van der Waals surface area (Å²) in [6.45, 7) is -0.258. The zero-order valence-corrected chi connectivity index (χ0v) is 8.93. The molecule has 0 spiro atoms. The Hall–Kier alpha value is -1.61. The molecule has 0 fully saturated rings. The fourth-order valence-corrected chi connectivity index (χ4v) is 1.25. The monoisotopic (exact) mass is 239 g/mol. The highest BCUT2D eigenvalue weighted by Gasteiger charge is 2.21. The summed E-state index contributed by atoms with van der Waals surface area (Å²) in [6, 6.07) is 7.35. The molecule has 1 aliphatic rings. The normalized spacial score (nSPS) is 44.5. The van der Waals surface area contributed by atoms with Crippen molar-refractivity contribution in [3.8, 4) is 0 Å². The Kier molecular flexibility index (Phi) is 1.93. The Balaban J connectivity index is 2.36.